The predicted molar refractivity (Wildman–Crippen MR) is 164 cm³/mol. The molecule has 3 N–H and O–H groups in total. The molecule has 4 aromatic heterocycles. The zero-order valence-electron chi connectivity index (χ0n) is 23.3. The molecule has 0 spiro atoms. The molecule has 5 aromatic rings. The van der Waals surface area contributed by atoms with Gasteiger partial charge in [-0.25, -0.2) is 15.0 Å². The molecule has 1 fully saturated rings. The molecule has 0 radical (unpaired) electrons. The number of likely N-dealkylation sites (tertiary alicyclic amines) is 1. The van der Waals surface area contributed by atoms with Crippen molar-refractivity contribution in [1.29, 1.82) is 0 Å². The highest BCUT2D eigenvalue weighted by Crippen LogP contribution is 2.37. The fourth-order valence-corrected chi connectivity index (χ4v) is 6.26. The number of imidazole rings is 1. The number of nitrogens with zero attached hydrogens (tertiary/aromatic N) is 6. The van der Waals surface area contributed by atoms with E-state index >= 15 is 0 Å². The van der Waals surface area contributed by atoms with Crippen LogP contribution < -0.4 is 11.1 Å². The first kappa shape index (κ1) is 26.0. The molecule has 210 valence electrons. The summed E-state index contributed by atoms with van der Waals surface area (Å²) < 4.78 is 2.09. The van der Waals surface area contributed by atoms with Gasteiger partial charge < -0.3 is 16.0 Å². The lowest BCUT2D eigenvalue weighted by Gasteiger charge is -2.33. The van der Waals surface area contributed by atoms with E-state index in [9.17, 15) is 4.79 Å². The molecule has 42 heavy (non-hydrogen) atoms. The van der Waals surface area contributed by atoms with Crippen LogP contribution in [0.3, 0.4) is 0 Å². The number of hydrogen-bond acceptors (Lipinski definition) is 7. The molecule has 1 aromatic carbocycles. The molecule has 0 saturated carbocycles. The molecule has 1 saturated heterocycles. The van der Waals surface area contributed by atoms with Crippen molar-refractivity contribution in [1.82, 2.24) is 34.7 Å². The second kappa shape index (κ2) is 10.8. The summed E-state index contributed by atoms with van der Waals surface area (Å²) in [5.74, 6) is 1.15. The van der Waals surface area contributed by atoms with Crippen molar-refractivity contribution in [3.63, 3.8) is 0 Å². The number of nitrogens with two attached hydrogens (primary N) is 1. The van der Waals surface area contributed by atoms with Crippen molar-refractivity contribution in [2.45, 2.75) is 37.8 Å². The average Bonchev–Trinajstić information content (AvgIpc) is 3.62. The van der Waals surface area contributed by atoms with E-state index in [-0.39, 0.29) is 5.91 Å². The Morgan fingerprint density at radius 2 is 1.88 bits per heavy atom. The Kier molecular flexibility index (Phi) is 6.71. The normalized spacial score (nSPS) is 17.0. The first-order valence-electron chi connectivity index (χ1n) is 14.4. The maximum Gasteiger partial charge on any atom is 0.245 e. The molecule has 1 aliphatic carbocycles. The van der Waals surface area contributed by atoms with Crippen LogP contribution in [0.4, 0.5) is 5.82 Å². The van der Waals surface area contributed by atoms with Gasteiger partial charge in [0.25, 0.3) is 0 Å². The number of fused-ring (bicyclic) bond motifs is 2. The van der Waals surface area contributed by atoms with Crippen LogP contribution in [0.1, 0.15) is 36.4 Å². The van der Waals surface area contributed by atoms with Crippen LogP contribution in [0.25, 0.3) is 39.5 Å². The van der Waals surface area contributed by atoms with Crippen LogP contribution >= 0.6 is 0 Å². The van der Waals surface area contributed by atoms with Crippen LogP contribution in [-0.2, 0) is 11.2 Å². The molecule has 5 heterocycles. The number of nitrogen functional groups attached to an aromatic ring is 1. The van der Waals surface area contributed by atoms with Gasteiger partial charge in [0.2, 0.25) is 5.91 Å². The van der Waals surface area contributed by atoms with E-state index in [4.69, 9.17) is 15.7 Å². The number of rotatable bonds is 6. The Bertz CT molecular complexity index is 1790. The van der Waals surface area contributed by atoms with Crippen molar-refractivity contribution in [2.75, 3.05) is 18.8 Å². The maximum absolute atomic E-state index is 12.0. The second-order valence-electron chi connectivity index (χ2n) is 10.9. The summed E-state index contributed by atoms with van der Waals surface area (Å²) in [5, 5.41) is 3.88. The predicted octanol–water partition coefficient (Wildman–Crippen LogP) is 4.88. The van der Waals surface area contributed by atoms with Crippen molar-refractivity contribution in [3.8, 4) is 28.3 Å². The molecule has 0 unspecified atom stereocenters. The smallest absolute Gasteiger partial charge is 0.245 e. The highest BCUT2D eigenvalue weighted by molar-refractivity contribution is 5.87. The SMILES string of the molecule is C=CC(=O)N1CCC(N[C@H]2CCc3cc(-n4c(-c5cccnc5N)nc5ccc(-c6cccnc6)nc54)ccc32)CC1. The number of aryl methyl sites for hydroxylation is 1. The minimum atomic E-state index is 0.0219. The Balaban J connectivity index is 1.24. The molecule has 9 nitrogen and oxygen atoms in total. The minimum absolute atomic E-state index is 0.0219. The lowest BCUT2D eigenvalue weighted by atomic mass is 10.0. The number of benzene rings is 1. The molecule has 1 atom stereocenters. The number of hydrogen-bond donors (Lipinski definition) is 2. The number of pyridine rings is 3. The van der Waals surface area contributed by atoms with Crippen LogP contribution in [0, 0.1) is 0 Å². The van der Waals surface area contributed by atoms with Gasteiger partial charge in [0.15, 0.2) is 11.5 Å². The van der Waals surface area contributed by atoms with Gasteiger partial charge in [-0.3, -0.25) is 14.3 Å². The number of aromatic nitrogens is 5. The molecule has 2 aliphatic rings. The Labute approximate surface area is 244 Å². The van der Waals surface area contributed by atoms with Gasteiger partial charge >= 0.3 is 0 Å². The van der Waals surface area contributed by atoms with E-state index in [1.165, 1.54) is 17.2 Å². The minimum Gasteiger partial charge on any atom is -0.383 e. The number of nitrogens with one attached hydrogen (secondary N) is 1. The molecule has 9 heteroatoms. The zero-order valence-corrected chi connectivity index (χ0v) is 23.3. The zero-order chi connectivity index (χ0) is 28.6. The van der Waals surface area contributed by atoms with E-state index in [1.807, 2.05) is 47.5 Å². The standard InChI is InChI=1S/C33H32N8O/c1-2-30(42)40-17-13-23(14-18-40)37-28-10-7-21-19-24(8-9-25(21)28)41-32(26-6-4-16-36-31(26)34)39-29-12-11-27(38-33(29)41)22-5-3-15-35-20-22/h2-6,8-9,11-12,15-16,19-20,23,28,37H,1,7,10,13-14,17-18H2,(H2,34,36)/t28-/m0/s1. The van der Waals surface area contributed by atoms with Gasteiger partial charge in [0, 0.05) is 55.0 Å². The summed E-state index contributed by atoms with van der Waals surface area (Å²) in [6, 6.07) is 19.1. The van der Waals surface area contributed by atoms with E-state index in [2.05, 4.69) is 44.6 Å². The summed E-state index contributed by atoms with van der Waals surface area (Å²) >= 11 is 0. The van der Waals surface area contributed by atoms with E-state index < -0.39 is 0 Å². The lowest BCUT2D eigenvalue weighted by Crippen LogP contribution is -2.45. The van der Waals surface area contributed by atoms with Crippen molar-refractivity contribution in [3.05, 3.63) is 97.0 Å². The van der Waals surface area contributed by atoms with E-state index in [0.717, 1.165) is 72.4 Å². The Morgan fingerprint density at radius 1 is 1.02 bits per heavy atom. The van der Waals surface area contributed by atoms with Crippen LogP contribution in [0.5, 0.6) is 0 Å². The van der Waals surface area contributed by atoms with Crippen LogP contribution in [0.15, 0.2) is 85.8 Å². The van der Waals surface area contributed by atoms with Crippen LogP contribution in [-0.4, -0.2) is 54.4 Å². The van der Waals surface area contributed by atoms with Crippen molar-refractivity contribution in [2.24, 2.45) is 0 Å². The number of carbonyl (C=O) groups excluding carboxylic acids is 1. The van der Waals surface area contributed by atoms with Gasteiger partial charge in [0.05, 0.1) is 11.3 Å². The van der Waals surface area contributed by atoms with Crippen LogP contribution in [0.2, 0.25) is 0 Å². The summed E-state index contributed by atoms with van der Waals surface area (Å²) in [6.45, 7) is 5.16. The lowest BCUT2D eigenvalue weighted by molar-refractivity contribution is -0.127. The van der Waals surface area contributed by atoms with Gasteiger partial charge in [-0.05, 0) is 91.4 Å². The first-order chi connectivity index (χ1) is 20.6. The fraction of sp³-hybridized carbons (Fsp3) is 0.242. The van der Waals surface area contributed by atoms with E-state index in [0.29, 0.717) is 23.7 Å². The number of piperidine rings is 1. The van der Waals surface area contributed by atoms with E-state index in [1.54, 1.807) is 12.4 Å². The van der Waals surface area contributed by atoms with Gasteiger partial charge in [0.1, 0.15) is 11.3 Å². The second-order valence-corrected chi connectivity index (χ2v) is 10.9. The fourth-order valence-electron chi connectivity index (χ4n) is 6.26. The monoisotopic (exact) mass is 556 g/mol. The third-order valence-corrected chi connectivity index (χ3v) is 8.42. The molecule has 7 rings (SSSR count). The Morgan fingerprint density at radius 3 is 2.67 bits per heavy atom. The molecular weight excluding hydrogens is 524 g/mol. The third-order valence-electron chi connectivity index (χ3n) is 8.42. The topological polar surface area (TPSA) is 115 Å². The van der Waals surface area contributed by atoms with Crippen molar-refractivity contribution >= 4 is 22.9 Å². The molecule has 0 bridgehead atoms. The number of amides is 1. The van der Waals surface area contributed by atoms with Gasteiger partial charge in [-0.15, -0.1) is 0 Å². The average molecular weight is 557 g/mol. The summed E-state index contributed by atoms with van der Waals surface area (Å²) in [7, 11) is 0. The summed E-state index contributed by atoms with van der Waals surface area (Å²) in [5.41, 5.74) is 14.1. The van der Waals surface area contributed by atoms with Gasteiger partial charge in [-0.1, -0.05) is 12.6 Å². The molecule has 1 amide bonds. The highest BCUT2D eigenvalue weighted by Gasteiger charge is 2.29. The summed E-state index contributed by atoms with van der Waals surface area (Å²) in [4.78, 5) is 32.5. The number of carbonyl (C=O) groups is 1. The van der Waals surface area contributed by atoms with Crippen molar-refractivity contribution < 1.29 is 4.79 Å². The largest absolute Gasteiger partial charge is 0.383 e. The quantitative estimate of drug-likeness (QED) is 0.287. The molecule has 1 aliphatic heterocycles. The van der Waals surface area contributed by atoms with Gasteiger partial charge in [-0.2, -0.15) is 0 Å². The Hall–Kier alpha value is -4.89. The maximum atomic E-state index is 12.0. The molecular formula is C33H32N8O. The highest BCUT2D eigenvalue weighted by atomic mass is 16.2. The summed E-state index contributed by atoms with van der Waals surface area (Å²) in [6.07, 6.45) is 10.6. The first-order valence-corrected chi connectivity index (χ1v) is 14.4. The number of anilines is 1. The third kappa shape index (κ3) is 4.71.